The predicted octanol–water partition coefficient (Wildman–Crippen LogP) is 6.35. The fourth-order valence-electron chi connectivity index (χ4n) is 11.6. The van der Waals surface area contributed by atoms with E-state index in [4.69, 9.17) is 31.3 Å². The van der Waals surface area contributed by atoms with Gasteiger partial charge in [0.1, 0.15) is 23.1 Å². The molecule has 330 valence electrons. The van der Waals surface area contributed by atoms with E-state index >= 15 is 4.39 Å². The number of rotatable bonds is 9. The quantitative estimate of drug-likeness (QED) is 0.161. The van der Waals surface area contributed by atoms with Crippen LogP contribution in [0.1, 0.15) is 67.3 Å². The summed E-state index contributed by atoms with van der Waals surface area (Å²) < 4.78 is 23.8. The average molecular weight is 884 g/mol. The van der Waals surface area contributed by atoms with Crippen LogP contribution in [0.5, 0.6) is 6.01 Å². The van der Waals surface area contributed by atoms with Crippen molar-refractivity contribution in [3.8, 4) is 17.3 Å². The summed E-state index contributed by atoms with van der Waals surface area (Å²) in [5.41, 5.74) is 3.58. The molecule has 2 aliphatic carbocycles. The van der Waals surface area contributed by atoms with Crippen molar-refractivity contribution in [1.82, 2.24) is 35.4 Å². The lowest BCUT2D eigenvalue weighted by atomic mass is 9.69. The number of amides is 3. The van der Waals surface area contributed by atoms with Crippen molar-refractivity contribution in [2.75, 3.05) is 62.2 Å². The summed E-state index contributed by atoms with van der Waals surface area (Å²) in [6.45, 7) is 6.69. The maximum Gasteiger partial charge on any atom is 0.319 e. The van der Waals surface area contributed by atoms with Crippen molar-refractivity contribution >= 4 is 62.5 Å². The highest BCUT2D eigenvalue weighted by atomic mass is 35.5. The van der Waals surface area contributed by atoms with Crippen LogP contribution in [0.4, 0.5) is 15.9 Å². The van der Waals surface area contributed by atoms with Crippen molar-refractivity contribution in [2.24, 2.45) is 17.3 Å². The van der Waals surface area contributed by atoms with Crippen molar-refractivity contribution in [1.29, 1.82) is 0 Å². The number of pyridine rings is 1. The van der Waals surface area contributed by atoms with E-state index in [9.17, 15) is 14.4 Å². The molecule has 13 nitrogen and oxygen atoms in total. The lowest BCUT2D eigenvalue weighted by Gasteiger charge is -2.39. The van der Waals surface area contributed by atoms with Crippen molar-refractivity contribution in [2.45, 2.75) is 76.0 Å². The largest absolute Gasteiger partial charge is 0.463 e. The normalized spacial score (nSPS) is 26.4. The van der Waals surface area contributed by atoms with Crippen LogP contribution in [0.2, 0.25) is 5.02 Å². The van der Waals surface area contributed by atoms with E-state index in [0.29, 0.717) is 59.0 Å². The monoisotopic (exact) mass is 883 g/mol. The number of nitrogens with one attached hydrogen (secondary N) is 2. The van der Waals surface area contributed by atoms with Gasteiger partial charge in [0.25, 0.3) is 5.91 Å². The number of benzene rings is 3. The summed E-state index contributed by atoms with van der Waals surface area (Å²) in [6.07, 6.45) is 9.30. The number of fused-ring (bicyclic) bond motifs is 6. The number of imide groups is 1. The third kappa shape index (κ3) is 7.12. The summed E-state index contributed by atoms with van der Waals surface area (Å²) in [6, 6.07) is 17.6. The molecule has 7 heterocycles. The highest BCUT2D eigenvalue weighted by Crippen LogP contribution is 2.48. The third-order valence-corrected chi connectivity index (χ3v) is 15.7. The lowest BCUT2D eigenvalue weighted by molar-refractivity contribution is -0.136. The number of carbonyl (C=O) groups excluding carboxylic acids is 3. The van der Waals surface area contributed by atoms with Gasteiger partial charge in [-0.1, -0.05) is 41.9 Å². The number of aromatic nitrogens is 3. The highest BCUT2D eigenvalue weighted by Gasteiger charge is 2.46. The fraction of sp³-hybridized carbons (Fsp3) is 0.469. The van der Waals surface area contributed by atoms with E-state index in [1.165, 1.54) is 12.8 Å². The molecule has 0 radical (unpaired) electrons. The summed E-state index contributed by atoms with van der Waals surface area (Å²) in [4.78, 5) is 61.0. The van der Waals surface area contributed by atoms with Crippen LogP contribution in [0, 0.1) is 23.1 Å². The molecular formula is C49H51ClFN9O4. The number of anilines is 2. The number of halogens is 2. The SMILES string of the molecule is O=C1CCC(N2Cc3cc(N4CCN(CC5(COc6nc(N7CC8CC9CCC9CC(C7)N8)c7cnc(-c8cccc9cccc(Cl)c89)c(F)c7n6)CC5)CC4)ccc3C2=O)C(=O)N1. The van der Waals surface area contributed by atoms with E-state index in [-0.39, 0.29) is 40.9 Å². The van der Waals surface area contributed by atoms with Gasteiger partial charge in [-0.25, -0.2) is 4.39 Å². The maximum atomic E-state index is 17.2. The Morgan fingerprint density at radius 1 is 0.875 bits per heavy atom. The van der Waals surface area contributed by atoms with E-state index in [1.807, 2.05) is 48.5 Å². The van der Waals surface area contributed by atoms with Crippen molar-refractivity contribution in [3.05, 3.63) is 82.8 Å². The van der Waals surface area contributed by atoms with Crippen LogP contribution >= 0.6 is 11.6 Å². The Morgan fingerprint density at radius 2 is 1.64 bits per heavy atom. The molecule has 4 saturated heterocycles. The predicted molar refractivity (Wildman–Crippen MR) is 242 cm³/mol. The van der Waals surface area contributed by atoms with Gasteiger partial charge in [-0.05, 0) is 92.0 Å². The summed E-state index contributed by atoms with van der Waals surface area (Å²) in [5.74, 6) is 0.883. The van der Waals surface area contributed by atoms with Crippen molar-refractivity contribution < 1.29 is 23.5 Å². The highest BCUT2D eigenvalue weighted by molar-refractivity contribution is 6.36. The molecule has 5 aliphatic heterocycles. The molecule has 6 fully saturated rings. The minimum Gasteiger partial charge on any atom is -0.463 e. The third-order valence-electron chi connectivity index (χ3n) is 15.4. The van der Waals surface area contributed by atoms with Gasteiger partial charge in [0.05, 0.1) is 12.0 Å². The molecule has 5 unspecified atom stereocenters. The summed E-state index contributed by atoms with van der Waals surface area (Å²) in [5, 5.41) is 9.08. The molecule has 3 amide bonds. The molecule has 5 aromatic rings. The second-order valence-corrected chi connectivity index (χ2v) is 19.9. The molecule has 15 heteroatoms. The summed E-state index contributed by atoms with van der Waals surface area (Å²) >= 11 is 6.73. The first-order valence-corrected chi connectivity index (χ1v) is 23.5. The molecular weight excluding hydrogens is 833 g/mol. The first kappa shape index (κ1) is 40.1. The molecule has 5 atom stereocenters. The van der Waals surface area contributed by atoms with Crippen LogP contribution in [0.15, 0.2) is 60.8 Å². The fourth-order valence-corrected chi connectivity index (χ4v) is 11.9. The number of piperidine rings is 1. The van der Waals surface area contributed by atoms with Gasteiger partial charge in [0, 0.05) is 110 Å². The van der Waals surface area contributed by atoms with E-state index < -0.39 is 17.8 Å². The number of hydrogen-bond donors (Lipinski definition) is 2. The second kappa shape index (κ2) is 15.6. The number of ether oxygens (including phenoxy) is 1. The van der Waals surface area contributed by atoms with Crippen LogP contribution in [0.25, 0.3) is 32.9 Å². The Labute approximate surface area is 375 Å². The first-order valence-electron chi connectivity index (χ1n) is 23.1. The Balaban J connectivity index is 0.765. The Kier molecular flexibility index (Phi) is 9.79. The Hall–Kier alpha value is -5.44. The van der Waals surface area contributed by atoms with Crippen LogP contribution in [-0.2, 0) is 16.1 Å². The topological polar surface area (TPSA) is 136 Å². The molecule has 2 bridgehead atoms. The lowest BCUT2D eigenvalue weighted by Crippen LogP contribution is -2.56. The van der Waals surface area contributed by atoms with E-state index in [2.05, 4.69) is 31.4 Å². The van der Waals surface area contributed by atoms with Gasteiger partial charge < -0.3 is 24.8 Å². The molecule has 64 heavy (non-hydrogen) atoms. The van der Waals surface area contributed by atoms with Crippen LogP contribution in [0.3, 0.4) is 0 Å². The minimum absolute atomic E-state index is 0.0427. The van der Waals surface area contributed by atoms with Crippen molar-refractivity contribution in [3.63, 3.8) is 0 Å². The molecule has 12 rings (SSSR count). The zero-order valence-corrected chi connectivity index (χ0v) is 36.5. The average Bonchev–Trinajstić information content (AvgIpc) is 4.00. The van der Waals surface area contributed by atoms with Gasteiger partial charge in [0.15, 0.2) is 5.82 Å². The van der Waals surface area contributed by atoms with Crippen LogP contribution in [-0.4, -0.2) is 113 Å². The van der Waals surface area contributed by atoms with Gasteiger partial charge in [0.2, 0.25) is 11.8 Å². The smallest absolute Gasteiger partial charge is 0.319 e. The molecule has 2 aromatic heterocycles. The van der Waals surface area contributed by atoms with E-state index in [1.54, 1.807) is 11.1 Å². The molecule has 7 aliphatic rings. The maximum absolute atomic E-state index is 17.2. The molecule has 0 spiro atoms. The van der Waals surface area contributed by atoms with Gasteiger partial charge >= 0.3 is 6.01 Å². The Bertz CT molecular complexity index is 2720. The van der Waals surface area contributed by atoms with Gasteiger partial charge in [-0.15, -0.1) is 0 Å². The molecule has 3 aromatic carbocycles. The second-order valence-electron chi connectivity index (χ2n) is 19.5. The molecule has 2 saturated carbocycles. The number of hydrogen-bond acceptors (Lipinski definition) is 11. The zero-order valence-electron chi connectivity index (χ0n) is 35.7. The number of carbonyl (C=O) groups is 3. The van der Waals surface area contributed by atoms with Gasteiger partial charge in [-0.2, -0.15) is 9.97 Å². The number of piperazine rings is 2. The first-order chi connectivity index (χ1) is 31.1. The van der Waals surface area contributed by atoms with Crippen LogP contribution < -0.4 is 25.2 Å². The van der Waals surface area contributed by atoms with E-state index in [0.717, 1.165) is 105 Å². The minimum atomic E-state index is -0.628. The Morgan fingerprint density at radius 3 is 2.38 bits per heavy atom. The number of nitrogens with zero attached hydrogens (tertiary/aromatic N) is 7. The van der Waals surface area contributed by atoms with Gasteiger partial charge in [-0.3, -0.25) is 29.6 Å². The standard InChI is InChI=1S/C49H51ClFN9O4/c50-38-6-2-4-28-3-1-5-36(41(28)38)43-42(51)44-37(22-52-43)45(59-24-32-19-29-7-8-30(29)20-33(25-59)53-32)56-48(55-44)64-27-49(13-14-49)26-57-15-17-58(18-16-57)34-9-10-35-31(21-34)23-60(47(35)63)39-11-12-40(61)54-46(39)62/h1-6,9-10,21-22,29-30,32-33,39,53H,7-8,11-20,23-27H2,(H,54,61,62). The molecule has 2 N–H and O–H groups in total. The summed E-state index contributed by atoms with van der Waals surface area (Å²) in [7, 11) is 0. The zero-order chi connectivity index (χ0) is 43.3.